The number of aliphatic hydroxyl groups is 1. The fraction of sp³-hybridized carbons (Fsp3) is 0.550. The van der Waals surface area contributed by atoms with E-state index in [0.717, 1.165) is 31.0 Å². The van der Waals surface area contributed by atoms with Gasteiger partial charge in [-0.05, 0) is 25.8 Å². The zero-order valence-corrected chi connectivity index (χ0v) is 17.7. The molecule has 8 nitrogen and oxygen atoms in total. The number of hydrogen-bond donors (Lipinski definition) is 2. The van der Waals surface area contributed by atoms with Gasteiger partial charge in [-0.15, -0.1) is 0 Å². The van der Waals surface area contributed by atoms with Gasteiger partial charge in [0, 0.05) is 62.6 Å². The van der Waals surface area contributed by atoms with Crippen molar-refractivity contribution in [2.45, 2.75) is 20.4 Å². The maximum Gasteiger partial charge on any atom is 0.266 e. The number of aromatic amines is 1. The third-order valence-corrected chi connectivity index (χ3v) is 6.86. The van der Waals surface area contributed by atoms with Crippen LogP contribution in [0.5, 0.6) is 0 Å². The number of nitrogens with one attached hydrogen (secondary N) is 1. The smallest absolute Gasteiger partial charge is 0.266 e. The Morgan fingerprint density at radius 3 is 2.72 bits per heavy atom. The molecule has 4 heterocycles. The first-order valence-corrected chi connectivity index (χ1v) is 10.1. The Bertz CT molecular complexity index is 1020. The van der Waals surface area contributed by atoms with Gasteiger partial charge in [0.1, 0.15) is 5.02 Å². The van der Waals surface area contributed by atoms with E-state index in [1.165, 1.54) is 17.8 Å². The Kier molecular flexibility index (Phi) is 5.04. The van der Waals surface area contributed by atoms with Crippen LogP contribution in [0.15, 0.2) is 17.1 Å². The Morgan fingerprint density at radius 1 is 1.38 bits per heavy atom. The molecule has 2 aliphatic rings. The SMILES string of the molecule is Cc1nn(C)c(C)c1CN1CC2CN(C(=O)c3c[nH]c(=O)c(Cl)c3)CC2(CO)C1. The molecule has 29 heavy (non-hydrogen) atoms. The third-order valence-electron chi connectivity index (χ3n) is 6.58. The van der Waals surface area contributed by atoms with Crippen LogP contribution in [0.4, 0.5) is 0 Å². The molecule has 2 unspecified atom stereocenters. The van der Waals surface area contributed by atoms with Gasteiger partial charge in [0.05, 0.1) is 17.9 Å². The third kappa shape index (κ3) is 3.39. The molecule has 9 heteroatoms. The van der Waals surface area contributed by atoms with Gasteiger partial charge in [0.15, 0.2) is 0 Å². The van der Waals surface area contributed by atoms with Gasteiger partial charge in [0.25, 0.3) is 11.5 Å². The lowest BCUT2D eigenvalue weighted by atomic mass is 9.82. The molecule has 0 radical (unpaired) electrons. The standard InChI is InChI=1S/C20H26ClN5O3/c1-12-16(13(2)24(3)23-12)8-25-6-15-7-26(10-20(15,9-25)11-27)19(29)14-4-17(21)18(28)22-5-14/h4-5,15,27H,6-11H2,1-3H3,(H,22,28). The molecular weight excluding hydrogens is 394 g/mol. The second kappa shape index (κ2) is 7.27. The normalized spacial score (nSPS) is 24.3. The number of aliphatic hydroxyl groups excluding tert-OH is 1. The Balaban J connectivity index is 1.49. The number of fused-ring (bicyclic) bond motifs is 1. The van der Waals surface area contributed by atoms with Crippen LogP contribution in [-0.2, 0) is 13.6 Å². The van der Waals surface area contributed by atoms with Gasteiger partial charge in [-0.1, -0.05) is 11.6 Å². The van der Waals surface area contributed by atoms with E-state index in [2.05, 4.69) is 21.9 Å². The van der Waals surface area contributed by atoms with Gasteiger partial charge in [-0.25, -0.2) is 0 Å². The largest absolute Gasteiger partial charge is 0.396 e. The molecule has 0 aliphatic carbocycles. The highest BCUT2D eigenvalue weighted by molar-refractivity contribution is 6.30. The van der Waals surface area contributed by atoms with E-state index in [4.69, 9.17) is 11.6 Å². The summed E-state index contributed by atoms with van der Waals surface area (Å²) >= 11 is 5.87. The number of halogens is 1. The average molecular weight is 420 g/mol. The lowest BCUT2D eigenvalue weighted by Crippen LogP contribution is -2.39. The number of aryl methyl sites for hydroxylation is 2. The van der Waals surface area contributed by atoms with Gasteiger partial charge < -0.3 is 15.0 Å². The summed E-state index contributed by atoms with van der Waals surface area (Å²) in [6.45, 7) is 7.56. The average Bonchev–Trinajstić information content (AvgIpc) is 3.28. The Hall–Kier alpha value is -2.16. The minimum atomic E-state index is -0.412. The molecule has 0 aromatic carbocycles. The van der Waals surface area contributed by atoms with Gasteiger partial charge in [0.2, 0.25) is 0 Å². The molecule has 2 aromatic rings. The number of amides is 1. The maximum atomic E-state index is 12.9. The molecule has 2 aromatic heterocycles. The highest BCUT2D eigenvalue weighted by atomic mass is 35.5. The minimum Gasteiger partial charge on any atom is -0.396 e. The first-order chi connectivity index (χ1) is 13.7. The number of pyridine rings is 1. The lowest BCUT2D eigenvalue weighted by molar-refractivity contribution is 0.0718. The van der Waals surface area contributed by atoms with E-state index < -0.39 is 5.56 Å². The first-order valence-electron chi connectivity index (χ1n) is 9.74. The molecule has 2 saturated heterocycles. The van der Waals surface area contributed by atoms with Crippen molar-refractivity contribution in [3.8, 4) is 0 Å². The fourth-order valence-electron chi connectivity index (χ4n) is 4.82. The number of hydrogen-bond acceptors (Lipinski definition) is 5. The molecule has 156 valence electrons. The van der Waals surface area contributed by atoms with Crippen LogP contribution in [0.2, 0.25) is 5.02 Å². The molecule has 2 aliphatic heterocycles. The highest BCUT2D eigenvalue weighted by Gasteiger charge is 2.53. The molecule has 0 spiro atoms. The summed E-state index contributed by atoms with van der Waals surface area (Å²) in [6, 6.07) is 1.41. The topological polar surface area (TPSA) is 94.5 Å². The van der Waals surface area contributed by atoms with Crippen LogP contribution in [-0.4, -0.2) is 68.4 Å². The van der Waals surface area contributed by atoms with Crippen LogP contribution in [0, 0.1) is 25.2 Å². The van der Waals surface area contributed by atoms with Crippen molar-refractivity contribution in [2.75, 3.05) is 32.8 Å². The number of rotatable bonds is 4. The summed E-state index contributed by atoms with van der Waals surface area (Å²) in [6.07, 6.45) is 1.40. The molecule has 4 rings (SSSR count). The number of likely N-dealkylation sites (tertiary alicyclic amines) is 2. The zero-order chi connectivity index (χ0) is 20.9. The number of aromatic nitrogens is 3. The van der Waals surface area contributed by atoms with Gasteiger partial charge >= 0.3 is 0 Å². The predicted octanol–water partition coefficient (Wildman–Crippen LogP) is 0.945. The van der Waals surface area contributed by atoms with E-state index in [0.29, 0.717) is 18.7 Å². The van der Waals surface area contributed by atoms with Crippen molar-refractivity contribution in [3.63, 3.8) is 0 Å². The summed E-state index contributed by atoms with van der Waals surface area (Å²) in [5, 5.41) is 14.7. The second-order valence-corrected chi connectivity index (χ2v) is 8.82. The fourth-order valence-corrected chi connectivity index (χ4v) is 4.99. The van der Waals surface area contributed by atoms with E-state index in [9.17, 15) is 14.7 Å². The van der Waals surface area contributed by atoms with E-state index in [1.54, 1.807) is 4.90 Å². The summed E-state index contributed by atoms with van der Waals surface area (Å²) < 4.78 is 1.90. The van der Waals surface area contributed by atoms with E-state index >= 15 is 0 Å². The quantitative estimate of drug-likeness (QED) is 0.769. The number of carbonyl (C=O) groups excluding carboxylic acids is 1. The molecular formula is C20H26ClN5O3. The van der Waals surface area contributed by atoms with Crippen molar-refractivity contribution in [1.29, 1.82) is 0 Å². The highest BCUT2D eigenvalue weighted by Crippen LogP contribution is 2.43. The Morgan fingerprint density at radius 2 is 2.14 bits per heavy atom. The van der Waals surface area contributed by atoms with Crippen molar-refractivity contribution in [3.05, 3.63) is 50.2 Å². The molecule has 2 fully saturated rings. The van der Waals surface area contributed by atoms with Gasteiger partial charge in [-0.2, -0.15) is 5.10 Å². The number of H-pyrrole nitrogens is 1. The lowest BCUT2D eigenvalue weighted by Gasteiger charge is -2.27. The molecule has 2 atom stereocenters. The Labute approximate surface area is 174 Å². The summed E-state index contributed by atoms with van der Waals surface area (Å²) in [7, 11) is 1.95. The van der Waals surface area contributed by atoms with Crippen LogP contribution >= 0.6 is 11.6 Å². The molecule has 2 N–H and O–H groups in total. The summed E-state index contributed by atoms with van der Waals surface area (Å²) in [4.78, 5) is 31.0. The van der Waals surface area contributed by atoms with Crippen molar-refractivity contribution >= 4 is 17.5 Å². The second-order valence-electron chi connectivity index (χ2n) is 8.41. The predicted molar refractivity (Wildman–Crippen MR) is 109 cm³/mol. The van der Waals surface area contributed by atoms with Crippen molar-refractivity contribution in [1.82, 2.24) is 24.6 Å². The molecule has 0 saturated carbocycles. The van der Waals surface area contributed by atoms with Crippen molar-refractivity contribution in [2.24, 2.45) is 18.4 Å². The first kappa shape index (κ1) is 20.1. The number of carbonyl (C=O) groups is 1. The van der Waals surface area contributed by atoms with Crippen LogP contribution < -0.4 is 5.56 Å². The van der Waals surface area contributed by atoms with E-state index in [-0.39, 0.29) is 28.9 Å². The maximum absolute atomic E-state index is 12.9. The van der Waals surface area contributed by atoms with Crippen LogP contribution in [0.25, 0.3) is 0 Å². The minimum absolute atomic E-state index is 0.000461. The molecule has 0 bridgehead atoms. The monoisotopic (exact) mass is 419 g/mol. The van der Waals surface area contributed by atoms with Crippen molar-refractivity contribution < 1.29 is 9.90 Å². The van der Waals surface area contributed by atoms with E-state index in [1.807, 2.05) is 18.7 Å². The van der Waals surface area contributed by atoms with Gasteiger partial charge in [-0.3, -0.25) is 19.2 Å². The molecule has 1 amide bonds. The zero-order valence-electron chi connectivity index (χ0n) is 16.9. The number of nitrogens with zero attached hydrogens (tertiary/aromatic N) is 4. The summed E-state index contributed by atoms with van der Waals surface area (Å²) in [5.41, 5.74) is 3.05. The van der Waals surface area contributed by atoms with Crippen LogP contribution in [0.3, 0.4) is 0 Å². The summed E-state index contributed by atoms with van der Waals surface area (Å²) in [5.74, 6) is 0.0304. The van der Waals surface area contributed by atoms with Crippen LogP contribution in [0.1, 0.15) is 27.3 Å².